The lowest BCUT2D eigenvalue weighted by atomic mass is 10.1. The van der Waals surface area contributed by atoms with Crippen LogP contribution in [0.15, 0.2) is 18.2 Å². The molecule has 5 nitrogen and oxygen atoms in total. The molecule has 1 amide bonds. The van der Waals surface area contributed by atoms with Gasteiger partial charge in [0.2, 0.25) is 5.91 Å². The normalized spacial score (nSPS) is 11.8. The number of hydrogen-bond acceptors (Lipinski definition) is 4. The van der Waals surface area contributed by atoms with Crippen molar-refractivity contribution in [3.05, 3.63) is 29.3 Å². The average molecular weight is 264 g/mol. The topological polar surface area (TPSA) is 81.4 Å². The summed E-state index contributed by atoms with van der Waals surface area (Å²) in [4.78, 5) is 23.5. The fourth-order valence-electron chi connectivity index (χ4n) is 1.71. The lowest BCUT2D eigenvalue weighted by Crippen LogP contribution is -2.35. The Morgan fingerprint density at radius 3 is 2.68 bits per heavy atom. The molecular formula is C14H20N2O3. The van der Waals surface area contributed by atoms with Gasteiger partial charge in [0, 0.05) is 0 Å². The first-order valence-corrected chi connectivity index (χ1v) is 6.25. The molecule has 0 radical (unpaired) electrons. The highest BCUT2D eigenvalue weighted by Gasteiger charge is 2.17. The zero-order chi connectivity index (χ0) is 14.4. The van der Waals surface area contributed by atoms with Crippen molar-refractivity contribution >= 4 is 17.6 Å². The molecule has 1 rings (SSSR count). The quantitative estimate of drug-likeness (QED) is 0.795. The molecule has 1 aromatic rings. The molecule has 0 saturated heterocycles. The van der Waals surface area contributed by atoms with E-state index in [1.54, 1.807) is 12.1 Å². The monoisotopic (exact) mass is 264 g/mol. The minimum Gasteiger partial charge on any atom is -0.465 e. The van der Waals surface area contributed by atoms with Crippen molar-refractivity contribution in [2.75, 3.05) is 12.4 Å². The largest absolute Gasteiger partial charge is 0.465 e. The van der Waals surface area contributed by atoms with Crippen LogP contribution in [0.3, 0.4) is 0 Å². The maximum atomic E-state index is 11.9. The number of anilines is 1. The maximum absolute atomic E-state index is 11.9. The Kier molecular flexibility index (Phi) is 5.51. The summed E-state index contributed by atoms with van der Waals surface area (Å²) in [6.07, 6.45) is 1.43. The van der Waals surface area contributed by atoms with Gasteiger partial charge in [-0.05, 0) is 25.5 Å². The minimum absolute atomic E-state index is 0.296. The Morgan fingerprint density at radius 2 is 2.11 bits per heavy atom. The molecule has 0 saturated carbocycles. The van der Waals surface area contributed by atoms with E-state index in [4.69, 9.17) is 10.5 Å². The molecule has 0 aliphatic carbocycles. The Morgan fingerprint density at radius 1 is 1.42 bits per heavy atom. The van der Waals surface area contributed by atoms with Gasteiger partial charge in [0.25, 0.3) is 0 Å². The molecule has 0 aromatic heterocycles. The summed E-state index contributed by atoms with van der Waals surface area (Å²) in [6, 6.07) is 4.59. The van der Waals surface area contributed by atoms with Gasteiger partial charge in [-0.25, -0.2) is 4.79 Å². The molecule has 0 aliphatic heterocycles. The van der Waals surface area contributed by atoms with E-state index in [1.165, 1.54) is 7.11 Å². The number of aryl methyl sites for hydroxylation is 1. The van der Waals surface area contributed by atoms with Crippen molar-refractivity contribution in [3.8, 4) is 0 Å². The maximum Gasteiger partial charge on any atom is 0.339 e. The molecule has 0 spiro atoms. The number of amides is 1. The number of hydrogen-bond donors (Lipinski definition) is 2. The zero-order valence-electron chi connectivity index (χ0n) is 11.5. The van der Waals surface area contributed by atoms with E-state index in [1.807, 2.05) is 19.9 Å². The molecular weight excluding hydrogens is 244 g/mol. The highest BCUT2D eigenvalue weighted by Crippen LogP contribution is 2.18. The van der Waals surface area contributed by atoms with E-state index in [9.17, 15) is 9.59 Å². The van der Waals surface area contributed by atoms with Crippen molar-refractivity contribution in [1.29, 1.82) is 0 Å². The van der Waals surface area contributed by atoms with Crippen molar-refractivity contribution in [2.45, 2.75) is 32.7 Å². The first-order valence-electron chi connectivity index (χ1n) is 6.25. The second kappa shape index (κ2) is 6.89. The highest BCUT2D eigenvalue weighted by atomic mass is 16.5. The summed E-state index contributed by atoms with van der Waals surface area (Å²) in [7, 11) is 1.30. The third-order valence-corrected chi connectivity index (χ3v) is 2.77. The van der Waals surface area contributed by atoms with Gasteiger partial charge in [-0.1, -0.05) is 25.0 Å². The first kappa shape index (κ1) is 15.2. The lowest BCUT2D eigenvalue weighted by molar-refractivity contribution is -0.117. The summed E-state index contributed by atoms with van der Waals surface area (Å²) >= 11 is 0. The van der Waals surface area contributed by atoms with Gasteiger partial charge in [-0.2, -0.15) is 0 Å². The Balaban J connectivity index is 2.94. The molecule has 19 heavy (non-hydrogen) atoms. The third-order valence-electron chi connectivity index (χ3n) is 2.77. The number of methoxy groups -OCH3 is 1. The van der Waals surface area contributed by atoms with Crippen molar-refractivity contribution in [3.63, 3.8) is 0 Å². The molecule has 0 aliphatic rings. The van der Waals surface area contributed by atoms with Crippen LogP contribution in [-0.4, -0.2) is 25.0 Å². The predicted molar refractivity (Wildman–Crippen MR) is 74.0 cm³/mol. The number of nitrogens with one attached hydrogen (secondary N) is 1. The van der Waals surface area contributed by atoms with Crippen LogP contribution in [-0.2, 0) is 9.53 Å². The van der Waals surface area contributed by atoms with Crippen LogP contribution < -0.4 is 11.1 Å². The fraction of sp³-hybridized carbons (Fsp3) is 0.429. The van der Waals surface area contributed by atoms with E-state index in [0.717, 1.165) is 12.0 Å². The van der Waals surface area contributed by atoms with Crippen LogP contribution in [0, 0.1) is 6.92 Å². The van der Waals surface area contributed by atoms with E-state index in [0.29, 0.717) is 17.7 Å². The fourth-order valence-corrected chi connectivity index (χ4v) is 1.71. The van der Waals surface area contributed by atoms with Crippen LogP contribution in [0.25, 0.3) is 0 Å². The van der Waals surface area contributed by atoms with Crippen LogP contribution in [0.5, 0.6) is 0 Å². The van der Waals surface area contributed by atoms with Gasteiger partial charge in [0.15, 0.2) is 0 Å². The van der Waals surface area contributed by atoms with Crippen LogP contribution in [0.4, 0.5) is 5.69 Å². The summed E-state index contributed by atoms with van der Waals surface area (Å²) < 4.78 is 4.70. The van der Waals surface area contributed by atoms with Gasteiger partial charge in [-0.3, -0.25) is 4.79 Å². The average Bonchev–Trinajstić information content (AvgIpc) is 2.40. The van der Waals surface area contributed by atoms with Crippen LogP contribution in [0.2, 0.25) is 0 Å². The first-order chi connectivity index (χ1) is 8.99. The summed E-state index contributed by atoms with van der Waals surface area (Å²) in [5.74, 6) is -0.779. The van der Waals surface area contributed by atoms with Gasteiger partial charge < -0.3 is 15.8 Å². The highest BCUT2D eigenvalue weighted by molar-refractivity contribution is 6.02. The van der Waals surface area contributed by atoms with E-state index in [2.05, 4.69) is 5.32 Å². The number of benzene rings is 1. The van der Waals surface area contributed by atoms with Gasteiger partial charge in [0.1, 0.15) is 0 Å². The van der Waals surface area contributed by atoms with Gasteiger partial charge in [-0.15, -0.1) is 0 Å². The lowest BCUT2D eigenvalue weighted by Gasteiger charge is -2.14. The summed E-state index contributed by atoms with van der Waals surface area (Å²) in [6.45, 7) is 3.82. The number of carbonyl (C=O) groups is 2. The zero-order valence-corrected chi connectivity index (χ0v) is 11.5. The molecule has 5 heteroatoms. The second-order valence-corrected chi connectivity index (χ2v) is 4.43. The molecule has 104 valence electrons. The Bertz CT molecular complexity index is 472. The van der Waals surface area contributed by atoms with E-state index >= 15 is 0 Å². The van der Waals surface area contributed by atoms with Gasteiger partial charge in [0.05, 0.1) is 24.4 Å². The summed E-state index contributed by atoms with van der Waals surface area (Å²) in [5.41, 5.74) is 7.41. The summed E-state index contributed by atoms with van der Waals surface area (Å²) in [5, 5.41) is 2.67. The minimum atomic E-state index is -0.572. The molecule has 0 bridgehead atoms. The third kappa shape index (κ3) is 4.06. The van der Waals surface area contributed by atoms with Gasteiger partial charge >= 0.3 is 5.97 Å². The van der Waals surface area contributed by atoms with Crippen molar-refractivity contribution in [2.24, 2.45) is 5.73 Å². The van der Waals surface area contributed by atoms with Crippen molar-refractivity contribution < 1.29 is 14.3 Å². The predicted octanol–water partition coefficient (Wildman–Crippen LogP) is 1.85. The molecule has 1 aromatic carbocycles. The number of nitrogens with two attached hydrogens (primary N) is 1. The molecule has 0 heterocycles. The second-order valence-electron chi connectivity index (χ2n) is 4.43. The number of rotatable bonds is 5. The Labute approximate surface area is 113 Å². The van der Waals surface area contributed by atoms with E-state index in [-0.39, 0.29) is 5.91 Å². The number of ether oxygens (including phenoxy) is 1. The molecule has 0 fully saturated rings. The molecule has 1 unspecified atom stereocenters. The Hall–Kier alpha value is -1.88. The SMILES string of the molecule is CCCC(N)C(=O)Nc1ccc(C)cc1C(=O)OC. The standard InChI is InChI=1S/C14H20N2O3/c1-4-5-11(15)13(17)16-12-7-6-9(2)8-10(12)14(18)19-3/h6-8,11H,4-5,15H2,1-3H3,(H,16,17). The number of carbonyl (C=O) groups excluding carboxylic acids is 2. The van der Waals surface area contributed by atoms with Crippen LogP contribution >= 0.6 is 0 Å². The molecule has 1 atom stereocenters. The number of esters is 1. The van der Waals surface area contributed by atoms with E-state index < -0.39 is 12.0 Å². The molecule has 3 N–H and O–H groups in total. The smallest absolute Gasteiger partial charge is 0.339 e. The van der Waals surface area contributed by atoms with Crippen molar-refractivity contribution in [1.82, 2.24) is 0 Å². The van der Waals surface area contributed by atoms with Crippen LogP contribution in [0.1, 0.15) is 35.7 Å².